The molecule has 1 heterocycles. The Morgan fingerprint density at radius 2 is 1.67 bits per heavy atom. The second kappa shape index (κ2) is 5.90. The zero-order valence-corrected chi connectivity index (χ0v) is 13.1. The lowest BCUT2D eigenvalue weighted by Crippen LogP contribution is -2.44. The molecule has 0 fully saturated rings. The number of hydrogen-bond donors (Lipinski definition) is 1. The van der Waals surface area contributed by atoms with Gasteiger partial charge in [0, 0.05) is 23.8 Å². The lowest BCUT2D eigenvalue weighted by Gasteiger charge is -2.41. The van der Waals surface area contributed by atoms with Crippen molar-refractivity contribution in [1.82, 2.24) is 5.32 Å². The van der Waals surface area contributed by atoms with Crippen molar-refractivity contribution in [2.75, 3.05) is 11.4 Å². The fraction of sp³-hybridized carbons (Fsp3) is 0.368. The highest BCUT2D eigenvalue weighted by molar-refractivity contribution is 5.84. The number of benzene rings is 2. The molecule has 110 valence electrons. The molecule has 0 amide bonds. The summed E-state index contributed by atoms with van der Waals surface area (Å²) in [5, 5.41) is 3.74. The standard InChI is InChI=1S/C19H24N2/c1-4-13-21-18-12-8-7-10-16(18)15-9-5-6-11-17(15)19(21)20-14(2)3/h5-12,14,19-20H,4,13H2,1-3H3. The molecule has 0 spiro atoms. The van der Waals surface area contributed by atoms with Gasteiger partial charge in [0.05, 0.1) is 0 Å². The van der Waals surface area contributed by atoms with Crippen LogP contribution in [0.5, 0.6) is 0 Å². The van der Waals surface area contributed by atoms with E-state index < -0.39 is 0 Å². The quantitative estimate of drug-likeness (QED) is 0.882. The SMILES string of the molecule is CCCN1c2ccccc2-c2ccccc2C1NC(C)C. The van der Waals surface area contributed by atoms with Crippen LogP contribution in [-0.2, 0) is 0 Å². The summed E-state index contributed by atoms with van der Waals surface area (Å²) in [6.07, 6.45) is 1.41. The van der Waals surface area contributed by atoms with Crippen molar-refractivity contribution >= 4 is 5.69 Å². The van der Waals surface area contributed by atoms with Gasteiger partial charge in [-0.3, -0.25) is 5.32 Å². The van der Waals surface area contributed by atoms with Crippen molar-refractivity contribution in [3.63, 3.8) is 0 Å². The van der Waals surface area contributed by atoms with Crippen LogP contribution in [0.3, 0.4) is 0 Å². The largest absolute Gasteiger partial charge is 0.351 e. The number of nitrogens with zero attached hydrogens (tertiary/aromatic N) is 1. The highest BCUT2D eigenvalue weighted by Gasteiger charge is 2.30. The molecule has 1 atom stereocenters. The van der Waals surface area contributed by atoms with E-state index >= 15 is 0 Å². The zero-order valence-electron chi connectivity index (χ0n) is 13.1. The van der Waals surface area contributed by atoms with Gasteiger partial charge in [0.2, 0.25) is 0 Å². The maximum absolute atomic E-state index is 3.74. The predicted molar refractivity (Wildman–Crippen MR) is 90.5 cm³/mol. The van der Waals surface area contributed by atoms with Gasteiger partial charge in [-0.2, -0.15) is 0 Å². The Kier molecular flexibility index (Phi) is 3.98. The number of hydrogen-bond acceptors (Lipinski definition) is 2. The van der Waals surface area contributed by atoms with E-state index in [9.17, 15) is 0 Å². The van der Waals surface area contributed by atoms with Gasteiger partial charge in [-0.15, -0.1) is 0 Å². The van der Waals surface area contributed by atoms with E-state index in [0.717, 1.165) is 13.0 Å². The minimum Gasteiger partial charge on any atom is -0.351 e. The maximum Gasteiger partial charge on any atom is 0.107 e. The Labute approximate surface area is 127 Å². The summed E-state index contributed by atoms with van der Waals surface area (Å²) in [7, 11) is 0. The van der Waals surface area contributed by atoms with Crippen LogP contribution in [0.4, 0.5) is 5.69 Å². The van der Waals surface area contributed by atoms with Crippen LogP contribution in [0.25, 0.3) is 11.1 Å². The first-order chi connectivity index (χ1) is 10.2. The average Bonchev–Trinajstić information content (AvgIpc) is 2.50. The fourth-order valence-electron chi connectivity index (χ4n) is 3.23. The lowest BCUT2D eigenvalue weighted by molar-refractivity contribution is 0.450. The summed E-state index contributed by atoms with van der Waals surface area (Å²) in [6, 6.07) is 18.0. The smallest absolute Gasteiger partial charge is 0.107 e. The summed E-state index contributed by atoms with van der Waals surface area (Å²) in [6.45, 7) is 7.74. The van der Waals surface area contributed by atoms with Crippen molar-refractivity contribution in [3.8, 4) is 11.1 Å². The first-order valence-corrected chi connectivity index (χ1v) is 7.93. The molecular formula is C19H24N2. The molecule has 3 rings (SSSR count). The molecule has 0 saturated carbocycles. The van der Waals surface area contributed by atoms with Crippen LogP contribution >= 0.6 is 0 Å². The first-order valence-electron chi connectivity index (χ1n) is 7.93. The highest BCUT2D eigenvalue weighted by Crippen LogP contribution is 2.43. The van der Waals surface area contributed by atoms with Gasteiger partial charge in [0.25, 0.3) is 0 Å². The third kappa shape index (κ3) is 2.56. The summed E-state index contributed by atoms with van der Waals surface area (Å²) in [5.41, 5.74) is 5.44. The van der Waals surface area contributed by atoms with Crippen LogP contribution in [0.1, 0.15) is 38.9 Å². The average molecular weight is 280 g/mol. The van der Waals surface area contributed by atoms with Crippen molar-refractivity contribution in [3.05, 3.63) is 54.1 Å². The summed E-state index contributed by atoms with van der Waals surface area (Å²) in [4.78, 5) is 2.51. The normalized spacial score (nSPS) is 16.8. The van der Waals surface area contributed by atoms with Crippen molar-refractivity contribution in [1.29, 1.82) is 0 Å². The number of fused-ring (bicyclic) bond motifs is 3. The van der Waals surface area contributed by atoms with E-state index in [-0.39, 0.29) is 6.17 Å². The first kappa shape index (κ1) is 14.2. The highest BCUT2D eigenvalue weighted by atomic mass is 15.3. The van der Waals surface area contributed by atoms with E-state index in [4.69, 9.17) is 0 Å². The number of para-hydroxylation sites is 1. The van der Waals surface area contributed by atoms with Crippen LogP contribution in [-0.4, -0.2) is 12.6 Å². The molecule has 2 nitrogen and oxygen atoms in total. The molecule has 1 aliphatic rings. The van der Waals surface area contributed by atoms with Gasteiger partial charge < -0.3 is 4.90 Å². The maximum atomic E-state index is 3.74. The Morgan fingerprint density at radius 1 is 1.00 bits per heavy atom. The molecule has 0 saturated heterocycles. The minimum atomic E-state index is 0.260. The Bertz CT molecular complexity index is 618. The van der Waals surface area contributed by atoms with E-state index in [1.165, 1.54) is 22.4 Å². The van der Waals surface area contributed by atoms with E-state index in [1.807, 2.05) is 0 Å². The Morgan fingerprint density at radius 3 is 2.38 bits per heavy atom. The molecular weight excluding hydrogens is 256 g/mol. The molecule has 1 aliphatic heterocycles. The number of anilines is 1. The van der Waals surface area contributed by atoms with E-state index in [0.29, 0.717) is 6.04 Å². The van der Waals surface area contributed by atoms with Crippen molar-refractivity contribution < 1.29 is 0 Å². The van der Waals surface area contributed by atoms with E-state index in [2.05, 4.69) is 79.5 Å². The molecule has 0 aromatic heterocycles. The number of rotatable bonds is 4. The second-order valence-corrected chi connectivity index (χ2v) is 6.02. The topological polar surface area (TPSA) is 15.3 Å². The summed E-state index contributed by atoms with van der Waals surface area (Å²) >= 11 is 0. The molecule has 0 bridgehead atoms. The Balaban J connectivity index is 2.16. The van der Waals surface area contributed by atoms with Crippen LogP contribution in [0.2, 0.25) is 0 Å². The Hall–Kier alpha value is -1.80. The minimum absolute atomic E-state index is 0.260. The van der Waals surface area contributed by atoms with Crippen molar-refractivity contribution in [2.24, 2.45) is 0 Å². The number of nitrogens with one attached hydrogen (secondary N) is 1. The molecule has 0 aliphatic carbocycles. The van der Waals surface area contributed by atoms with Crippen LogP contribution < -0.4 is 10.2 Å². The summed E-state index contributed by atoms with van der Waals surface area (Å²) < 4.78 is 0. The van der Waals surface area contributed by atoms with Gasteiger partial charge in [-0.25, -0.2) is 0 Å². The third-order valence-corrected chi connectivity index (χ3v) is 4.03. The van der Waals surface area contributed by atoms with Gasteiger partial charge in [-0.05, 0) is 37.5 Å². The molecule has 1 unspecified atom stereocenters. The molecule has 1 N–H and O–H groups in total. The zero-order chi connectivity index (χ0) is 14.8. The monoisotopic (exact) mass is 280 g/mol. The van der Waals surface area contributed by atoms with Gasteiger partial charge >= 0.3 is 0 Å². The van der Waals surface area contributed by atoms with Gasteiger partial charge in [0.15, 0.2) is 0 Å². The second-order valence-electron chi connectivity index (χ2n) is 6.02. The fourth-order valence-corrected chi connectivity index (χ4v) is 3.23. The molecule has 2 heteroatoms. The predicted octanol–water partition coefficient (Wildman–Crippen LogP) is 4.58. The molecule has 2 aromatic rings. The molecule has 0 radical (unpaired) electrons. The summed E-state index contributed by atoms with van der Waals surface area (Å²) in [5.74, 6) is 0. The van der Waals surface area contributed by atoms with Crippen LogP contribution in [0, 0.1) is 0 Å². The van der Waals surface area contributed by atoms with Crippen LogP contribution in [0.15, 0.2) is 48.5 Å². The van der Waals surface area contributed by atoms with Gasteiger partial charge in [-0.1, -0.05) is 49.4 Å². The molecule has 21 heavy (non-hydrogen) atoms. The van der Waals surface area contributed by atoms with E-state index in [1.54, 1.807) is 0 Å². The van der Waals surface area contributed by atoms with Gasteiger partial charge in [0.1, 0.15) is 6.17 Å². The third-order valence-electron chi connectivity index (χ3n) is 4.03. The lowest BCUT2D eigenvalue weighted by atomic mass is 9.91. The van der Waals surface area contributed by atoms with Crippen molar-refractivity contribution in [2.45, 2.75) is 39.4 Å². The molecule has 2 aromatic carbocycles.